The summed E-state index contributed by atoms with van der Waals surface area (Å²) in [6, 6.07) is 19.2. The Morgan fingerprint density at radius 2 is 1.43 bits per heavy atom. The Morgan fingerprint density at radius 1 is 0.833 bits per heavy atom. The molecule has 3 aromatic rings. The fourth-order valence-corrected chi connectivity index (χ4v) is 6.94. The van der Waals surface area contributed by atoms with Crippen LogP contribution in [-0.4, -0.2) is 29.9 Å². The van der Waals surface area contributed by atoms with E-state index >= 15 is 0 Å². The van der Waals surface area contributed by atoms with E-state index in [1.165, 1.54) is 11.1 Å². The Hall–Kier alpha value is -3.59. The zero-order valence-electron chi connectivity index (χ0n) is 22.7. The molecule has 1 saturated heterocycles. The molecule has 0 atom stereocenters. The van der Waals surface area contributed by atoms with Gasteiger partial charge in [0.05, 0.1) is 16.5 Å². The molecule has 0 radical (unpaired) electrons. The van der Waals surface area contributed by atoms with Crippen molar-refractivity contribution in [1.82, 2.24) is 10.2 Å². The smallest absolute Gasteiger partial charge is 0.351 e. The van der Waals surface area contributed by atoms with Gasteiger partial charge in [-0.25, -0.2) is 0 Å². The van der Waals surface area contributed by atoms with E-state index in [0.29, 0.717) is 25.0 Å². The van der Waals surface area contributed by atoms with E-state index in [0.717, 1.165) is 31.5 Å². The number of hydrogen-bond acceptors (Lipinski definition) is 2. The molecule has 1 N–H and O–H groups in total. The highest BCUT2D eigenvalue weighted by Crippen LogP contribution is 2.50. The van der Waals surface area contributed by atoms with Crippen LogP contribution in [-0.2, 0) is 34.5 Å². The largest absolute Gasteiger partial charge is 0.416 e. The molecule has 1 aliphatic heterocycles. The zero-order valence-corrected chi connectivity index (χ0v) is 22.7. The van der Waals surface area contributed by atoms with Gasteiger partial charge < -0.3 is 10.2 Å². The molecule has 220 valence electrons. The van der Waals surface area contributed by atoms with Crippen molar-refractivity contribution in [2.24, 2.45) is 0 Å². The van der Waals surface area contributed by atoms with E-state index in [1.807, 2.05) is 36.4 Å². The first-order chi connectivity index (χ1) is 19.9. The maximum absolute atomic E-state index is 13.7. The number of hydrogen-bond donors (Lipinski definition) is 1. The number of nitrogens with zero attached hydrogens (tertiary/aromatic N) is 1. The second kappa shape index (κ2) is 10.3. The summed E-state index contributed by atoms with van der Waals surface area (Å²) in [5, 5.41) is 2.67. The molecule has 0 bridgehead atoms. The van der Waals surface area contributed by atoms with Crippen molar-refractivity contribution in [2.75, 3.05) is 13.1 Å². The number of piperidine rings is 1. The highest BCUT2D eigenvalue weighted by Gasteiger charge is 2.54. The lowest BCUT2D eigenvalue weighted by molar-refractivity contribution is -0.143. The maximum Gasteiger partial charge on any atom is 0.416 e. The summed E-state index contributed by atoms with van der Waals surface area (Å²) in [6.45, 7) is 1.31. The molecule has 42 heavy (non-hydrogen) atoms. The zero-order chi connectivity index (χ0) is 29.8. The topological polar surface area (TPSA) is 32.3 Å². The van der Waals surface area contributed by atoms with Gasteiger partial charge in [-0.15, -0.1) is 0 Å². The summed E-state index contributed by atoms with van der Waals surface area (Å²) < 4.78 is 80.0. The number of alkyl halides is 6. The molecule has 0 aromatic heterocycles. The van der Waals surface area contributed by atoms with Crippen LogP contribution < -0.4 is 5.32 Å². The van der Waals surface area contributed by atoms with Crippen LogP contribution in [0.2, 0.25) is 0 Å². The number of allylic oxidation sites excluding steroid dienone is 1. The van der Waals surface area contributed by atoms with Crippen molar-refractivity contribution < 1.29 is 31.1 Å². The van der Waals surface area contributed by atoms with Gasteiger partial charge in [-0.2, -0.15) is 26.3 Å². The van der Waals surface area contributed by atoms with Gasteiger partial charge in [0, 0.05) is 18.0 Å². The Kier molecular flexibility index (Phi) is 6.99. The average molecular weight is 585 g/mol. The van der Waals surface area contributed by atoms with Crippen molar-refractivity contribution in [2.45, 2.75) is 61.5 Å². The van der Waals surface area contributed by atoms with Crippen molar-refractivity contribution in [1.29, 1.82) is 0 Å². The van der Waals surface area contributed by atoms with Gasteiger partial charge in [-0.05, 0) is 79.2 Å². The molecule has 2 aliphatic carbocycles. The second-order valence-corrected chi connectivity index (χ2v) is 11.7. The van der Waals surface area contributed by atoms with E-state index in [-0.39, 0.29) is 23.1 Å². The predicted molar refractivity (Wildman–Crippen MR) is 147 cm³/mol. The van der Waals surface area contributed by atoms with E-state index in [1.54, 1.807) is 0 Å². The highest BCUT2D eigenvalue weighted by atomic mass is 19.4. The van der Waals surface area contributed by atoms with Crippen LogP contribution >= 0.6 is 0 Å². The lowest BCUT2D eigenvalue weighted by Gasteiger charge is -2.53. The van der Waals surface area contributed by atoms with Crippen LogP contribution in [0.15, 0.2) is 78.9 Å². The molecule has 9 heteroatoms. The van der Waals surface area contributed by atoms with Gasteiger partial charge in [-0.1, -0.05) is 66.7 Å². The highest BCUT2D eigenvalue weighted by molar-refractivity contribution is 5.89. The lowest BCUT2D eigenvalue weighted by atomic mass is 9.60. The van der Waals surface area contributed by atoms with Crippen LogP contribution in [0.1, 0.15) is 59.1 Å². The third-order valence-corrected chi connectivity index (χ3v) is 9.32. The van der Waals surface area contributed by atoms with E-state index in [2.05, 4.69) is 40.6 Å². The number of nitrogens with one attached hydrogen (secondary N) is 1. The number of benzene rings is 3. The van der Waals surface area contributed by atoms with E-state index < -0.39 is 41.3 Å². The van der Waals surface area contributed by atoms with Gasteiger partial charge in [0.2, 0.25) is 5.91 Å². The Labute approximate surface area is 240 Å². The first-order valence-corrected chi connectivity index (χ1v) is 14.0. The van der Waals surface area contributed by atoms with Gasteiger partial charge >= 0.3 is 12.4 Å². The van der Waals surface area contributed by atoms with Gasteiger partial charge in [0.15, 0.2) is 0 Å². The summed E-state index contributed by atoms with van der Waals surface area (Å²) in [5.74, 6) is -0.392. The number of rotatable bonds is 5. The van der Waals surface area contributed by atoms with Crippen molar-refractivity contribution >= 4 is 12.0 Å². The summed E-state index contributed by atoms with van der Waals surface area (Å²) in [4.78, 5) is 16.1. The first-order valence-electron chi connectivity index (χ1n) is 14.0. The molecule has 1 heterocycles. The van der Waals surface area contributed by atoms with Crippen LogP contribution in [0, 0.1) is 0 Å². The fourth-order valence-electron chi connectivity index (χ4n) is 6.94. The number of fused-ring (bicyclic) bond motifs is 2. The Balaban J connectivity index is 1.17. The number of halogens is 6. The second-order valence-electron chi connectivity index (χ2n) is 11.7. The molecule has 1 amide bonds. The molecule has 3 nitrogen and oxygen atoms in total. The fraction of sp³-hybridized carbons (Fsp3) is 0.364. The molecular weight excluding hydrogens is 554 g/mol. The van der Waals surface area contributed by atoms with Crippen LogP contribution in [0.3, 0.4) is 0 Å². The summed E-state index contributed by atoms with van der Waals surface area (Å²) in [7, 11) is 0. The third kappa shape index (κ3) is 5.12. The van der Waals surface area contributed by atoms with Crippen LogP contribution in [0.5, 0.6) is 0 Å². The van der Waals surface area contributed by atoms with E-state index in [4.69, 9.17) is 0 Å². The number of carbonyl (C=O) groups excluding carboxylic acids is 1. The molecule has 1 saturated carbocycles. The summed E-state index contributed by atoms with van der Waals surface area (Å²) in [5.41, 5.74) is -0.510. The van der Waals surface area contributed by atoms with Crippen LogP contribution in [0.4, 0.5) is 26.3 Å². The van der Waals surface area contributed by atoms with Crippen molar-refractivity contribution in [3.05, 3.63) is 112 Å². The van der Waals surface area contributed by atoms with Gasteiger partial charge in [0.25, 0.3) is 0 Å². The average Bonchev–Trinajstić information content (AvgIpc) is 3.30. The number of likely N-dealkylation sites (tertiary alicyclic amines) is 1. The quantitative estimate of drug-likeness (QED) is 0.315. The monoisotopic (exact) mass is 584 g/mol. The molecule has 0 unspecified atom stereocenters. The first kappa shape index (κ1) is 28.5. The minimum Gasteiger partial charge on any atom is -0.351 e. The molecule has 1 spiro atoms. The summed E-state index contributed by atoms with van der Waals surface area (Å²) >= 11 is 0. The minimum absolute atomic E-state index is 0.0327. The minimum atomic E-state index is -4.95. The van der Waals surface area contributed by atoms with Crippen LogP contribution in [0.25, 0.3) is 6.08 Å². The molecular formula is C33H30F6N2O. The van der Waals surface area contributed by atoms with Crippen molar-refractivity contribution in [3.8, 4) is 0 Å². The lowest BCUT2D eigenvalue weighted by Crippen LogP contribution is -2.61. The SMILES string of the molecule is O=C(NCc1cc(C(F)(F)F)cc(C(F)(F)F)c1)C1(c2ccccc2)CC(N2CCC3(C=Cc4ccccc43)CC2)C1. The standard InChI is InChI=1S/C33H30F6N2O/c34-32(35,36)25-16-22(17-26(18-25)33(37,38)39)21-40-29(42)31(24-7-2-1-3-8-24)19-27(20-31)41-14-12-30(13-15-41)11-10-23-6-4-5-9-28(23)30/h1-11,16-18,27H,12-15,19-21H2,(H,40,42). The Morgan fingerprint density at radius 3 is 2.05 bits per heavy atom. The van der Waals surface area contributed by atoms with Gasteiger partial charge in [-0.3, -0.25) is 4.79 Å². The Bertz CT molecular complexity index is 1460. The maximum atomic E-state index is 13.7. The third-order valence-electron chi connectivity index (χ3n) is 9.32. The van der Waals surface area contributed by atoms with E-state index in [9.17, 15) is 31.1 Å². The molecule has 3 aliphatic rings. The van der Waals surface area contributed by atoms with Crippen molar-refractivity contribution in [3.63, 3.8) is 0 Å². The number of amides is 1. The predicted octanol–water partition coefficient (Wildman–Crippen LogP) is 7.50. The van der Waals surface area contributed by atoms with Gasteiger partial charge in [0.1, 0.15) is 0 Å². The normalized spacial score (nSPS) is 23.4. The molecule has 6 rings (SSSR count). The molecule has 2 fully saturated rings. The summed E-state index contributed by atoms with van der Waals surface area (Å²) in [6.07, 6.45) is -2.39. The number of carbonyl (C=O) groups is 1. The molecule has 3 aromatic carbocycles.